The third kappa shape index (κ3) is 5.98. The van der Waals surface area contributed by atoms with E-state index in [2.05, 4.69) is 23.9 Å². The van der Waals surface area contributed by atoms with Crippen molar-refractivity contribution in [3.05, 3.63) is 29.8 Å². The Morgan fingerprint density at radius 3 is 2.14 bits per heavy atom. The Hall–Kier alpha value is -1.84. The minimum absolute atomic E-state index is 0.0785. The number of ether oxygens (including phenoxy) is 1. The van der Waals surface area contributed by atoms with Crippen molar-refractivity contribution in [2.24, 2.45) is 5.92 Å². The van der Waals surface area contributed by atoms with Crippen molar-refractivity contribution in [1.29, 1.82) is 0 Å². The van der Waals surface area contributed by atoms with Gasteiger partial charge in [0.2, 0.25) is 5.91 Å². The maximum absolute atomic E-state index is 12.2. The molecule has 0 aliphatic carbocycles. The number of benzene rings is 1. The lowest BCUT2D eigenvalue weighted by atomic mass is 9.97. The Bertz CT molecular complexity index is 448. The van der Waals surface area contributed by atoms with Crippen LogP contribution in [0.5, 0.6) is 0 Å². The average Bonchev–Trinajstić information content (AvgIpc) is 2.48. The lowest BCUT2D eigenvalue weighted by molar-refractivity contribution is -0.139. The molecule has 0 spiro atoms. The van der Waals surface area contributed by atoms with Gasteiger partial charge in [-0.2, -0.15) is 0 Å². The van der Waals surface area contributed by atoms with E-state index >= 15 is 0 Å². The summed E-state index contributed by atoms with van der Waals surface area (Å²) in [6, 6.07) is 7.32. The van der Waals surface area contributed by atoms with Gasteiger partial charge in [-0.05, 0) is 30.5 Å². The molecule has 0 atom stereocenters. The van der Waals surface area contributed by atoms with Gasteiger partial charge < -0.3 is 10.1 Å². The normalized spacial score (nSPS) is 10.5. The number of carbonyl (C=O) groups excluding carboxylic acids is 2. The molecule has 1 amide bonds. The van der Waals surface area contributed by atoms with E-state index in [-0.39, 0.29) is 24.2 Å². The predicted octanol–water partition coefficient (Wildman–Crippen LogP) is 3.56. The van der Waals surface area contributed by atoms with Gasteiger partial charge in [0, 0.05) is 11.6 Å². The number of hydrogen-bond acceptors (Lipinski definition) is 3. The van der Waals surface area contributed by atoms with Crippen LogP contribution in [0.1, 0.15) is 45.1 Å². The zero-order valence-corrected chi connectivity index (χ0v) is 13.1. The number of rotatable bonds is 8. The molecule has 0 saturated carbocycles. The average molecular weight is 291 g/mol. The van der Waals surface area contributed by atoms with Crippen LogP contribution >= 0.6 is 0 Å². The maximum Gasteiger partial charge on any atom is 0.309 e. The van der Waals surface area contributed by atoms with Gasteiger partial charge in [-0.3, -0.25) is 9.59 Å². The molecule has 4 heteroatoms. The third-order valence-corrected chi connectivity index (χ3v) is 3.44. The summed E-state index contributed by atoms with van der Waals surface area (Å²) in [6.45, 7) is 4.19. The second-order valence-corrected chi connectivity index (χ2v) is 5.21. The first-order chi connectivity index (χ1) is 10.1. The molecule has 1 aromatic carbocycles. The van der Waals surface area contributed by atoms with E-state index in [4.69, 9.17) is 0 Å². The number of esters is 1. The van der Waals surface area contributed by atoms with E-state index in [1.807, 2.05) is 24.3 Å². The van der Waals surface area contributed by atoms with Gasteiger partial charge in [-0.15, -0.1) is 0 Å². The lowest BCUT2D eigenvalue weighted by Crippen LogP contribution is -2.22. The SMILES string of the molecule is CCCC(CCC)C(=O)Nc1ccc(CC(=O)OC)cc1. The van der Waals surface area contributed by atoms with Crippen LogP contribution in [0, 0.1) is 5.92 Å². The standard InChI is InChI=1S/C17H25NO3/c1-4-6-14(7-5-2)17(20)18-15-10-8-13(9-11-15)12-16(19)21-3/h8-11,14H,4-7,12H2,1-3H3,(H,18,20). The molecule has 1 N–H and O–H groups in total. The largest absolute Gasteiger partial charge is 0.469 e. The van der Waals surface area contributed by atoms with Crippen molar-refractivity contribution in [3.8, 4) is 0 Å². The number of nitrogens with one attached hydrogen (secondary N) is 1. The van der Waals surface area contributed by atoms with Gasteiger partial charge in [0.1, 0.15) is 0 Å². The smallest absolute Gasteiger partial charge is 0.309 e. The molecule has 1 rings (SSSR count). The number of hydrogen-bond donors (Lipinski definition) is 1. The van der Waals surface area contributed by atoms with Crippen LogP contribution in [0.15, 0.2) is 24.3 Å². The number of anilines is 1. The van der Waals surface area contributed by atoms with Gasteiger partial charge >= 0.3 is 5.97 Å². The fourth-order valence-corrected chi connectivity index (χ4v) is 2.29. The molecule has 1 aromatic rings. The highest BCUT2D eigenvalue weighted by atomic mass is 16.5. The first-order valence-corrected chi connectivity index (χ1v) is 7.57. The van der Waals surface area contributed by atoms with Crippen molar-refractivity contribution in [2.75, 3.05) is 12.4 Å². The van der Waals surface area contributed by atoms with Crippen LogP contribution in [-0.4, -0.2) is 19.0 Å². The van der Waals surface area contributed by atoms with E-state index in [0.717, 1.165) is 36.9 Å². The fraction of sp³-hybridized carbons (Fsp3) is 0.529. The molecular weight excluding hydrogens is 266 g/mol. The topological polar surface area (TPSA) is 55.4 Å². The van der Waals surface area contributed by atoms with Crippen molar-refractivity contribution >= 4 is 17.6 Å². The van der Waals surface area contributed by atoms with Gasteiger partial charge in [0.25, 0.3) is 0 Å². The van der Waals surface area contributed by atoms with Crippen LogP contribution in [0.25, 0.3) is 0 Å². The van der Waals surface area contributed by atoms with Crippen LogP contribution in [0.2, 0.25) is 0 Å². The summed E-state index contributed by atoms with van der Waals surface area (Å²) in [7, 11) is 1.37. The summed E-state index contributed by atoms with van der Waals surface area (Å²) < 4.78 is 4.63. The Labute approximate surface area is 126 Å². The Morgan fingerprint density at radius 2 is 1.67 bits per heavy atom. The van der Waals surface area contributed by atoms with E-state index in [9.17, 15) is 9.59 Å². The molecule has 0 aromatic heterocycles. The third-order valence-electron chi connectivity index (χ3n) is 3.44. The lowest BCUT2D eigenvalue weighted by Gasteiger charge is -2.15. The summed E-state index contributed by atoms with van der Waals surface area (Å²) in [6.07, 6.45) is 4.10. The molecule has 116 valence electrons. The van der Waals surface area contributed by atoms with Crippen molar-refractivity contribution in [3.63, 3.8) is 0 Å². The van der Waals surface area contributed by atoms with Crippen molar-refractivity contribution in [2.45, 2.75) is 46.0 Å². The van der Waals surface area contributed by atoms with E-state index in [1.165, 1.54) is 7.11 Å². The van der Waals surface area contributed by atoms with Crippen LogP contribution in [-0.2, 0) is 20.7 Å². The highest BCUT2D eigenvalue weighted by Crippen LogP contribution is 2.17. The molecule has 21 heavy (non-hydrogen) atoms. The highest BCUT2D eigenvalue weighted by molar-refractivity contribution is 5.92. The van der Waals surface area contributed by atoms with Gasteiger partial charge in [0.15, 0.2) is 0 Å². The van der Waals surface area contributed by atoms with Crippen molar-refractivity contribution < 1.29 is 14.3 Å². The summed E-state index contributed by atoms with van der Waals surface area (Å²) in [5, 5.41) is 2.95. The molecule has 0 unspecified atom stereocenters. The summed E-state index contributed by atoms with van der Waals surface area (Å²) in [5.74, 6) is -0.105. The zero-order valence-electron chi connectivity index (χ0n) is 13.1. The molecule has 4 nitrogen and oxygen atoms in total. The van der Waals surface area contributed by atoms with Crippen LogP contribution in [0.3, 0.4) is 0 Å². The zero-order chi connectivity index (χ0) is 15.7. The monoisotopic (exact) mass is 291 g/mol. The first-order valence-electron chi connectivity index (χ1n) is 7.57. The molecule has 0 radical (unpaired) electrons. The molecular formula is C17H25NO3. The summed E-state index contributed by atoms with van der Waals surface area (Å²) in [5.41, 5.74) is 1.64. The number of methoxy groups -OCH3 is 1. The van der Waals surface area contributed by atoms with E-state index in [1.54, 1.807) is 0 Å². The second-order valence-electron chi connectivity index (χ2n) is 5.21. The number of amides is 1. The Morgan fingerprint density at radius 1 is 1.10 bits per heavy atom. The predicted molar refractivity (Wildman–Crippen MR) is 84.1 cm³/mol. The quantitative estimate of drug-likeness (QED) is 0.745. The van der Waals surface area contributed by atoms with Crippen LogP contribution < -0.4 is 5.32 Å². The minimum Gasteiger partial charge on any atom is -0.469 e. The maximum atomic E-state index is 12.2. The first kappa shape index (κ1) is 17.2. The summed E-state index contributed by atoms with van der Waals surface area (Å²) >= 11 is 0. The van der Waals surface area contributed by atoms with Crippen LogP contribution in [0.4, 0.5) is 5.69 Å². The molecule has 0 aliphatic rings. The highest BCUT2D eigenvalue weighted by Gasteiger charge is 2.16. The number of carbonyl (C=O) groups is 2. The van der Waals surface area contributed by atoms with Gasteiger partial charge in [0.05, 0.1) is 13.5 Å². The fourth-order valence-electron chi connectivity index (χ4n) is 2.29. The minimum atomic E-state index is -0.266. The van der Waals surface area contributed by atoms with Gasteiger partial charge in [-0.1, -0.05) is 38.8 Å². The molecule has 0 aliphatic heterocycles. The molecule has 0 saturated heterocycles. The van der Waals surface area contributed by atoms with E-state index < -0.39 is 0 Å². The molecule has 0 fully saturated rings. The van der Waals surface area contributed by atoms with E-state index in [0.29, 0.717) is 0 Å². The molecule has 0 bridgehead atoms. The van der Waals surface area contributed by atoms with Crippen molar-refractivity contribution in [1.82, 2.24) is 0 Å². The van der Waals surface area contributed by atoms with Gasteiger partial charge in [-0.25, -0.2) is 0 Å². The Balaban J connectivity index is 2.61. The molecule has 0 heterocycles. The Kier molecular flexibility index (Phi) is 7.51. The second kappa shape index (κ2) is 9.16. The summed E-state index contributed by atoms with van der Waals surface area (Å²) in [4.78, 5) is 23.4.